The lowest BCUT2D eigenvalue weighted by molar-refractivity contribution is -0.139. The minimum absolute atomic E-state index is 0.173. The topological polar surface area (TPSA) is 101 Å². The molecule has 0 aliphatic heterocycles. The first-order valence-electron chi connectivity index (χ1n) is 7.01. The number of methoxy groups -OCH3 is 1. The Labute approximate surface area is 133 Å². The minimum atomic E-state index is -1.12. The molecule has 1 unspecified atom stereocenters. The highest BCUT2D eigenvalue weighted by Crippen LogP contribution is 2.20. The van der Waals surface area contributed by atoms with Crippen molar-refractivity contribution in [1.82, 2.24) is 15.3 Å². The smallest absolute Gasteiger partial charge is 0.326 e. The molecular weight excluding hydrogens is 298 g/mol. The molecule has 0 saturated carbocycles. The normalized spacial score (nSPS) is 11.7. The molecular formula is C16H17N3O4. The van der Waals surface area contributed by atoms with Gasteiger partial charge < -0.3 is 15.2 Å². The van der Waals surface area contributed by atoms with Gasteiger partial charge in [-0.3, -0.25) is 4.79 Å². The van der Waals surface area contributed by atoms with Crippen LogP contribution in [0.4, 0.5) is 0 Å². The SMILES string of the molecule is COCCC(NC(=O)c1cncnc1-c1ccccc1)C(=O)O. The van der Waals surface area contributed by atoms with Gasteiger partial charge in [0.05, 0.1) is 11.3 Å². The zero-order chi connectivity index (χ0) is 16.7. The molecule has 0 saturated heterocycles. The van der Waals surface area contributed by atoms with Crippen molar-refractivity contribution in [2.75, 3.05) is 13.7 Å². The van der Waals surface area contributed by atoms with Crippen molar-refractivity contribution >= 4 is 11.9 Å². The summed E-state index contributed by atoms with van der Waals surface area (Å²) in [6.45, 7) is 0.230. The highest BCUT2D eigenvalue weighted by Gasteiger charge is 2.22. The first-order chi connectivity index (χ1) is 11.1. The molecule has 0 bridgehead atoms. The first-order valence-corrected chi connectivity index (χ1v) is 7.01. The van der Waals surface area contributed by atoms with Crippen molar-refractivity contribution < 1.29 is 19.4 Å². The van der Waals surface area contributed by atoms with Gasteiger partial charge in [-0.05, 0) is 0 Å². The second-order valence-electron chi connectivity index (χ2n) is 4.80. The van der Waals surface area contributed by atoms with Gasteiger partial charge in [0.1, 0.15) is 12.4 Å². The Morgan fingerprint density at radius 1 is 1.30 bits per heavy atom. The molecule has 2 rings (SSSR count). The highest BCUT2D eigenvalue weighted by molar-refractivity contribution is 6.01. The summed E-state index contributed by atoms with van der Waals surface area (Å²) in [5.74, 6) is -1.65. The maximum Gasteiger partial charge on any atom is 0.326 e. The fraction of sp³-hybridized carbons (Fsp3) is 0.250. The summed E-state index contributed by atoms with van der Waals surface area (Å²) >= 11 is 0. The van der Waals surface area contributed by atoms with E-state index in [2.05, 4.69) is 15.3 Å². The number of carbonyl (C=O) groups excluding carboxylic acids is 1. The number of carboxylic acids is 1. The summed E-state index contributed by atoms with van der Waals surface area (Å²) in [5.41, 5.74) is 1.43. The number of ether oxygens (including phenoxy) is 1. The van der Waals surface area contributed by atoms with Crippen molar-refractivity contribution in [1.29, 1.82) is 0 Å². The van der Waals surface area contributed by atoms with Crippen molar-refractivity contribution in [3.8, 4) is 11.3 Å². The summed E-state index contributed by atoms with van der Waals surface area (Å²) in [6.07, 6.45) is 2.89. The summed E-state index contributed by atoms with van der Waals surface area (Å²) in [6, 6.07) is 8.12. The number of aliphatic carboxylic acids is 1. The molecule has 2 aromatic rings. The van der Waals surface area contributed by atoms with E-state index in [0.29, 0.717) is 5.69 Å². The van der Waals surface area contributed by atoms with Crippen molar-refractivity contribution in [2.45, 2.75) is 12.5 Å². The van der Waals surface area contributed by atoms with Crippen molar-refractivity contribution in [3.05, 3.63) is 48.4 Å². The van der Waals surface area contributed by atoms with Crippen molar-refractivity contribution in [3.63, 3.8) is 0 Å². The predicted molar refractivity (Wildman–Crippen MR) is 82.9 cm³/mol. The molecule has 0 aliphatic rings. The van der Waals surface area contributed by atoms with Crippen LogP contribution in [0.3, 0.4) is 0 Å². The lowest BCUT2D eigenvalue weighted by Gasteiger charge is -2.15. The molecule has 2 N–H and O–H groups in total. The number of benzene rings is 1. The minimum Gasteiger partial charge on any atom is -0.480 e. The number of carboxylic acid groups (broad SMARTS) is 1. The molecule has 7 heteroatoms. The van der Waals surface area contributed by atoms with Gasteiger partial charge in [0.15, 0.2) is 0 Å². The standard InChI is InChI=1S/C16H17N3O4/c1-23-8-7-13(16(21)22)19-15(20)12-9-17-10-18-14(12)11-5-3-2-4-6-11/h2-6,9-10,13H,7-8H2,1H3,(H,19,20)(H,21,22). The van der Waals surface area contributed by atoms with Gasteiger partial charge in [-0.1, -0.05) is 30.3 Å². The molecule has 1 atom stereocenters. The van der Waals surface area contributed by atoms with Crippen LogP contribution in [0.5, 0.6) is 0 Å². The van der Waals surface area contributed by atoms with Crippen LogP contribution in [-0.2, 0) is 9.53 Å². The molecule has 23 heavy (non-hydrogen) atoms. The first kappa shape index (κ1) is 16.6. The third-order valence-corrected chi connectivity index (χ3v) is 3.22. The van der Waals surface area contributed by atoms with Crippen LogP contribution in [0.25, 0.3) is 11.3 Å². The van der Waals surface area contributed by atoms with Gasteiger partial charge in [-0.25, -0.2) is 14.8 Å². The second-order valence-corrected chi connectivity index (χ2v) is 4.80. The Bertz CT molecular complexity index is 676. The van der Waals surface area contributed by atoms with Gasteiger partial charge in [-0.2, -0.15) is 0 Å². The fourth-order valence-electron chi connectivity index (χ4n) is 2.05. The summed E-state index contributed by atoms with van der Waals surface area (Å²) in [7, 11) is 1.47. The predicted octanol–water partition coefficient (Wildman–Crippen LogP) is 1.36. The van der Waals surface area contributed by atoms with Crippen molar-refractivity contribution in [2.24, 2.45) is 0 Å². The molecule has 0 aliphatic carbocycles. The lowest BCUT2D eigenvalue weighted by Crippen LogP contribution is -2.41. The number of hydrogen-bond donors (Lipinski definition) is 2. The lowest BCUT2D eigenvalue weighted by atomic mass is 10.1. The van der Waals surface area contributed by atoms with E-state index >= 15 is 0 Å². The van der Waals surface area contributed by atoms with E-state index in [9.17, 15) is 14.7 Å². The summed E-state index contributed by atoms with van der Waals surface area (Å²) in [5, 5.41) is 11.7. The maximum atomic E-state index is 12.4. The maximum absolute atomic E-state index is 12.4. The van der Waals surface area contributed by atoms with Gasteiger partial charge in [0.25, 0.3) is 5.91 Å². The van der Waals surface area contributed by atoms with Crippen LogP contribution in [0.2, 0.25) is 0 Å². The number of amides is 1. The quantitative estimate of drug-likeness (QED) is 0.800. The number of nitrogens with one attached hydrogen (secondary N) is 1. The van der Waals surface area contributed by atoms with Crippen LogP contribution in [-0.4, -0.2) is 46.7 Å². The van der Waals surface area contributed by atoms with Crippen LogP contribution in [0, 0.1) is 0 Å². The van der Waals surface area contributed by atoms with E-state index in [1.54, 1.807) is 0 Å². The molecule has 0 fully saturated rings. The summed E-state index contributed by atoms with van der Waals surface area (Å²) in [4.78, 5) is 31.6. The average molecular weight is 315 g/mol. The van der Waals surface area contributed by atoms with E-state index in [-0.39, 0.29) is 18.6 Å². The summed E-state index contributed by atoms with van der Waals surface area (Å²) < 4.78 is 4.86. The Balaban J connectivity index is 2.24. The zero-order valence-corrected chi connectivity index (χ0v) is 12.6. The Hall–Kier alpha value is -2.80. The number of rotatable bonds is 7. The molecule has 1 heterocycles. The van der Waals surface area contributed by atoms with Gasteiger partial charge in [0.2, 0.25) is 0 Å². The van der Waals surface area contributed by atoms with E-state index < -0.39 is 17.9 Å². The van der Waals surface area contributed by atoms with Crippen LogP contribution >= 0.6 is 0 Å². The van der Waals surface area contributed by atoms with E-state index in [4.69, 9.17) is 4.74 Å². The third kappa shape index (κ3) is 4.33. The van der Waals surface area contributed by atoms with Gasteiger partial charge in [0, 0.05) is 31.9 Å². The number of nitrogens with zero attached hydrogens (tertiary/aromatic N) is 2. The fourth-order valence-corrected chi connectivity index (χ4v) is 2.05. The number of carbonyl (C=O) groups is 2. The molecule has 1 aromatic carbocycles. The van der Waals surface area contributed by atoms with Crippen LogP contribution in [0.1, 0.15) is 16.8 Å². The van der Waals surface area contributed by atoms with E-state index in [0.717, 1.165) is 5.56 Å². The van der Waals surface area contributed by atoms with Gasteiger partial charge >= 0.3 is 5.97 Å². The molecule has 1 aromatic heterocycles. The van der Waals surface area contributed by atoms with Crippen LogP contribution in [0.15, 0.2) is 42.9 Å². The molecule has 120 valence electrons. The Morgan fingerprint density at radius 2 is 2.04 bits per heavy atom. The highest BCUT2D eigenvalue weighted by atomic mass is 16.5. The average Bonchev–Trinajstić information content (AvgIpc) is 2.59. The zero-order valence-electron chi connectivity index (χ0n) is 12.6. The Morgan fingerprint density at radius 3 is 2.70 bits per heavy atom. The largest absolute Gasteiger partial charge is 0.480 e. The molecule has 1 amide bonds. The number of aromatic nitrogens is 2. The molecule has 7 nitrogen and oxygen atoms in total. The van der Waals surface area contributed by atoms with Crippen LogP contribution < -0.4 is 5.32 Å². The molecule has 0 spiro atoms. The number of hydrogen-bond acceptors (Lipinski definition) is 5. The van der Waals surface area contributed by atoms with Gasteiger partial charge in [-0.15, -0.1) is 0 Å². The molecule has 0 radical (unpaired) electrons. The monoisotopic (exact) mass is 315 g/mol. The third-order valence-electron chi connectivity index (χ3n) is 3.22. The van der Waals surface area contributed by atoms with E-state index in [1.807, 2.05) is 30.3 Å². The second kappa shape index (κ2) is 8.00. The Kier molecular flexibility index (Phi) is 5.76. The van der Waals surface area contributed by atoms with E-state index in [1.165, 1.54) is 19.6 Å².